The summed E-state index contributed by atoms with van der Waals surface area (Å²) >= 11 is 0. The van der Waals surface area contributed by atoms with Crippen molar-refractivity contribution in [2.24, 2.45) is 0 Å². The number of likely N-dealkylation sites (tertiary alicyclic amines) is 1. The average molecular weight is 368 g/mol. The van der Waals surface area contributed by atoms with Gasteiger partial charge >= 0.3 is 0 Å². The first kappa shape index (κ1) is 17.6. The van der Waals surface area contributed by atoms with Crippen LogP contribution in [0.5, 0.6) is 5.75 Å². The van der Waals surface area contributed by atoms with E-state index in [0.717, 1.165) is 0 Å². The lowest BCUT2D eigenvalue weighted by molar-refractivity contribution is 0.00726. The Kier molecular flexibility index (Phi) is 4.37. The third-order valence-electron chi connectivity index (χ3n) is 5.37. The molecule has 27 heavy (non-hydrogen) atoms. The molecule has 1 saturated heterocycles. The minimum atomic E-state index is -0.475. The number of rotatable bonds is 2. The van der Waals surface area contributed by atoms with Crippen LogP contribution in [0.3, 0.4) is 0 Å². The quantitative estimate of drug-likeness (QED) is 0.882. The van der Waals surface area contributed by atoms with Crippen LogP contribution < -0.4 is 10.1 Å². The highest BCUT2D eigenvalue weighted by Gasteiger charge is 2.41. The molecule has 4 rings (SSSR count). The SMILES string of the molecule is CC(C)n1nccc1C(=O)N1CCC2(CC1)CNC(=O)c1ccccc1O2. The number of carbonyl (C=O) groups excluding carboxylic acids is 2. The van der Waals surface area contributed by atoms with Crippen molar-refractivity contribution in [2.75, 3.05) is 19.6 Å². The molecule has 1 aromatic carbocycles. The summed E-state index contributed by atoms with van der Waals surface area (Å²) in [7, 11) is 0. The standard InChI is InChI=1S/C20H24N4O3/c1-14(2)24-16(7-10-22-24)19(26)23-11-8-20(9-12-23)13-21-18(25)15-5-3-4-6-17(15)27-20/h3-7,10,14H,8-9,11-13H2,1-2H3,(H,21,25). The van der Waals surface area contributed by atoms with Crippen molar-refractivity contribution < 1.29 is 14.3 Å². The third-order valence-corrected chi connectivity index (χ3v) is 5.37. The molecule has 0 bridgehead atoms. The van der Waals surface area contributed by atoms with Crippen LogP contribution in [0.1, 0.15) is 53.6 Å². The van der Waals surface area contributed by atoms with Crippen LogP contribution in [0.4, 0.5) is 0 Å². The number of benzene rings is 1. The number of hydrogen-bond donors (Lipinski definition) is 1. The van der Waals surface area contributed by atoms with Gasteiger partial charge in [0.15, 0.2) is 0 Å². The van der Waals surface area contributed by atoms with Gasteiger partial charge in [-0.05, 0) is 32.0 Å². The van der Waals surface area contributed by atoms with Gasteiger partial charge in [-0.3, -0.25) is 14.3 Å². The monoisotopic (exact) mass is 368 g/mol. The topological polar surface area (TPSA) is 76.5 Å². The van der Waals surface area contributed by atoms with E-state index in [4.69, 9.17) is 4.74 Å². The predicted octanol–water partition coefficient (Wildman–Crippen LogP) is 2.26. The molecule has 0 atom stereocenters. The van der Waals surface area contributed by atoms with E-state index in [-0.39, 0.29) is 17.9 Å². The summed E-state index contributed by atoms with van der Waals surface area (Å²) in [6.45, 7) is 5.63. The Bertz CT molecular complexity index is 866. The number of amides is 2. The second-order valence-electron chi connectivity index (χ2n) is 7.51. The zero-order chi connectivity index (χ0) is 19.0. The summed E-state index contributed by atoms with van der Waals surface area (Å²) in [6, 6.07) is 9.21. The molecule has 1 aromatic heterocycles. The molecule has 0 unspecified atom stereocenters. The van der Waals surface area contributed by atoms with Crippen LogP contribution in [0.2, 0.25) is 0 Å². The fraction of sp³-hybridized carbons (Fsp3) is 0.450. The maximum absolute atomic E-state index is 12.9. The number of ether oxygens (including phenoxy) is 1. The Hall–Kier alpha value is -2.83. The number of nitrogens with one attached hydrogen (secondary N) is 1. The minimum Gasteiger partial charge on any atom is -0.484 e. The Morgan fingerprint density at radius 1 is 1.22 bits per heavy atom. The van der Waals surface area contributed by atoms with E-state index < -0.39 is 5.60 Å². The molecular weight excluding hydrogens is 344 g/mol. The fourth-order valence-electron chi connectivity index (χ4n) is 3.80. The molecule has 1 fully saturated rings. The molecule has 7 nitrogen and oxygen atoms in total. The number of hydrogen-bond acceptors (Lipinski definition) is 4. The summed E-state index contributed by atoms with van der Waals surface area (Å²) < 4.78 is 8.05. The largest absolute Gasteiger partial charge is 0.484 e. The molecule has 2 aromatic rings. The number of fused-ring (bicyclic) bond motifs is 1. The van der Waals surface area contributed by atoms with Crippen molar-refractivity contribution in [2.45, 2.75) is 38.3 Å². The Balaban J connectivity index is 1.49. The van der Waals surface area contributed by atoms with Crippen LogP contribution in [-0.2, 0) is 0 Å². The van der Waals surface area contributed by atoms with Gasteiger partial charge in [0.25, 0.3) is 11.8 Å². The van der Waals surface area contributed by atoms with Gasteiger partial charge in [0.05, 0.1) is 12.1 Å². The summed E-state index contributed by atoms with van der Waals surface area (Å²) in [5.74, 6) is 0.501. The molecule has 1 N–H and O–H groups in total. The molecule has 2 amide bonds. The van der Waals surface area contributed by atoms with Crippen LogP contribution in [0.25, 0.3) is 0 Å². The number of aromatic nitrogens is 2. The van der Waals surface area contributed by atoms with Gasteiger partial charge in [0, 0.05) is 38.2 Å². The van der Waals surface area contributed by atoms with Crippen molar-refractivity contribution >= 4 is 11.8 Å². The highest BCUT2D eigenvalue weighted by atomic mass is 16.5. The summed E-state index contributed by atoms with van der Waals surface area (Å²) in [6.07, 6.45) is 3.01. The first-order valence-electron chi connectivity index (χ1n) is 9.38. The van der Waals surface area contributed by atoms with Crippen molar-refractivity contribution in [3.05, 3.63) is 47.8 Å². The first-order chi connectivity index (χ1) is 13.0. The van der Waals surface area contributed by atoms with Gasteiger partial charge in [-0.25, -0.2) is 0 Å². The predicted molar refractivity (Wildman–Crippen MR) is 99.9 cm³/mol. The summed E-state index contributed by atoms with van der Waals surface area (Å²) in [5, 5.41) is 7.23. The van der Waals surface area contributed by atoms with E-state index in [1.54, 1.807) is 23.0 Å². The molecule has 0 radical (unpaired) electrons. The van der Waals surface area contributed by atoms with Gasteiger partial charge in [-0.1, -0.05) is 12.1 Å². The van der Waals surface area contributed by atoms with Crippen molar-refractivity contribution in [3.8, 4) is 5.75 Å². The first-order valence-corrected chi connectivity index (χ1v) is 9.38. The molecule has 2 aliphatic heterocycles. The number of piperidine rings is 1. The maximum Gasteiger partial charge on any atom is 0.272 e. The Labute approximate surface area is 158 Å². The number of carbonyl (C=O) groups is 2. The molecule has 0 aliphatic carbocycles. The maximum atomic E-state index is 12.9. The van der Waals surface area contributed by atoms with Crippen molar-refractivity contribution in [1.29, 1.82) is 0 Å². The van der Waals surface area contributed by atoms with Crippen LogP contribution in [0.15, 0.2) is 36.5 Å². The fourth-order valence-corrected chi connectivity index (χ4v) is 3.80. The van der Waals surface area contributed by atoms with Crippen LogP contribution >= 0.6 is 0 Å². The zero-order valence-electron chi connectivity index (χ0n) is 15.6. The van der Waals surface area contributed by atoms with Crippen molar-refractivity contribution in [1.82, 2.24) is 20.0 Å². The van der Waals surface area contributed by atoms with E-state index in [9.17, 15) is 9.59 Å². The van der Waals surface area contributed by atoms with E-state index in [0.29, 0.717) is 49.5 Å². The molecule has 7 heteroatoms. The van der Waals surface area contributed by atoms with Gasteiger partial charge in [0.1, 0.15) is 17.0 Å². The number of nitrogens with zero attached hydrogens (tertiary/aromatic N) is 3. The van der Waals surface area contributed by atoms with E-state index in [2.05, 4.69) is 10.4 Å². The molecule has 1 spiro atoms. The van der Waals surface area contributed by atoms with Crippen LogP contribution in [0, 0.1) is 0 Å². The Morgan fingerprint density at radius 3 is 2.70 bits per heavy atom. The van der Waals surface area contributed by atoms with Gasteiger partial charge in [-0.15, -0.1) is 0 Å². The normalized spacial score (nSPS) is 18.6. The second kappa shape index (κ2) is 6.72. The van der Waals surface area contributed by atoms with Gasteiger partial charge < -0.3 is 15.0 Å². The van der Waals surface area contributed by atoms with E-state index >= 15 is 0 Å². The van der Waals surface area contributed by atoms with Crippen LogP contribution in [-0.4, -0.2) is 51.7 Å². The number of para-hydroxylation sites is 1. The second-order valence-corrected chi connectivity index (χ2v) is 7.51. The van der Waals surface area contributed by atoms with Gasteiger partial charge in [-0.2, -0.15) is 5.10 Å². The summed E-state index contributed by atoms with van der Waals surface area (Å²) in [4.78, 5) is 27.1. The summed E-state index contributed by atoms with van der Waals surface area (Å²) in [5.41, 5.74) is 0.701. The smallest absolute Gasteiger partial charge is 0.272 e. The third kappa shape index (κ3) is 3.18. The zero-order valence-corrected chi connectivity index (χ0v) is 15.6. The molecule has 2 aliphatic rings. The lowest BCUT2D eigenvalue weighted by Crippen LogP contribution is -2.54. The van der Waals surface area contributed by atoms with E-state index in [1.807, 2.05) is 36.9 Å². The van der Waals surface area contributed by atoms with E-state index in [1.165, 1.54) is 0 Å². The molecule has 3 heterocycles. The highest BCUT2D eigenvalue weighted by molar-refractivity contribution is 5.97. The Morgan fingerprint density at radius 2 is 1.96 bits per heavy atom. The lowest BCUT2D eigenvalue weighted by Gasteiger charge is -2.41. The highest BCUT2D eigenvalue weighted by Crippen LogP contribution is 2.33. The van der Waals surface area contributed by atoms with Gasteiger partial charge in [0.2, 0.25) is 0 Å². The molecule has 142 valence electrons. The lowest BCUT2D eigenvalue weighted by atomic mass is 9.90. The molecule has 0 saturated carbocycles. The average Bonchev–Trinajstić information content (AvgIpc) is 3.12. The molecular formula is C20H24N4O3. The minimum absolute atomic E-state index is 0.00546. The van der Waals surface area contributed by atoms with Crippen molar-refractivity contribution in [3.63, 3.8) is 0 Å².